The van der Waals surface area contributed by atoms with Crippen molar-refractivity contribution in [2.24, 2.45) is 5.41 Å². The lowest BCUT2D eigenvalue weighted by Gasteiger charge is -2.43. The van der Waals surface area contributed by atoms with Crippen molar-refractivity contribution in [2.45, 2.75) is 71.1 Å². The highest BCUT2D eigenvalue weighted by Crippen LogP contribution is 2.38. The maximum Gasteiger partial charge on any atom is 0.255 e. The lowest BCUT2D eigenvalue weighted by Crippen LogP contribution is -2.53. The zero-order chi connectivity index (χ0) is 30.2. The Morgan fingerprint density at radius 1 is 1.00 bits per heavy atom. The number of benzene rings is 2. The Bertz CT molecular complexity index is 1560. The van der Waals surface area contributed by atoms with Gasteiger partial charge in [0.15, 0.2) is 0 Å². The second-order valence-corrected chi connectivity index (χ2v) is 12.6. The molecule has 0 saturated carbocycles. The molecule has 8 heteroatoms. The number of fused-ring (bicyclic) bond motifs is 1. The first kappa shape index (κ1) is 29.7. The summed E-state index contributed by atoms with van der Waals surface area (Å²) in [5.74, 6) is -0.761. The standard InChI is InChI=1S/C34H40FN3O4/c1-23(2)36(4)31(40)28-21-38(30(39)19-27(28)26-11-7-8-12-29(26)35)22-34(42)15-17-37(18-16-34)32(41)33(3)14-13-24-9-5-6-10-25(24)20-33/h5-12,19,21,23,42H,13-18,20,22H2,1-4H3. The average molecular weight is 574 g/mol. The van der Waals surface area contributed by atoms with Gasteiger partial charge in [-0.3, -0.25) is 14.4 Å². The highest BCUT2D eigenvalue weighted by Gasteiger charge is 2.42. The van der Waals surface area contributed by atoms with E-state index in [1.807, 2.05) is 37.8 Å². The van der Waals surface area contributed by atoms with Crippen molar-refractivity contribution >= 4 is 11.8 Å². The van der Waals surface area contributed by atoms with E-state index in [0.29, 0.717) is 32.4 Å². The van der Waals surface area contributed by atoms with Gasteiger partial charge in [0.25, 0.3) is 11.5 Å². The average Bonchev–Trinajstić information content (AvgIpc) is 2.97. The normalized spacial score (nSPS) is 19.8. The zero-order valence-corrected chi connectivity index (χ0v) is 24.9. The minimum Gasteiger partial charge on any atom is -0.388 e. The molecular formula is C34H40FN3O4. The third-order valence-electron chi connectivity index (χ3n) is 9.22. The molecule has 0 bridgehead atoms. The smallest absolute Gasteiger partial charge is 0.255 e. The third kappa shape index (κ3) is 5.77. The van der Waals surface area contributed by atoms with E-state index in [9.17, 15) is 23.9 Å². The molecule has 1 atom stereocenters. The Labute approximate surface area is 246 Å². The molecule has 0 spiro atoms. The van der Waals surface area contributed by atoms with Crippen LogP contribution in [0.25, 0.3) is 11.1 Å². The maximum atomic E-state index is 14.8. The fourth-order valence-corrected chi connectivity index (χ4v) is 6.25. The van der Waals surface area contributed by atoms with E-state index in [0.717, 1.165) is 12.8 Å². The molecule has 2 amide bonds. The molecule has 1 saturated heterocycles. The van der Waals surface area contributed by atoms with Gasteiger partial charge in [-0.15, -0.1) is 0 Å². The van der Waals surface area contributed by atoms with Gasteiger partial charge in [-0.05, 0) is 63.1 Å². The Kier molecular flexibility index (Phi) is 8.12. The van der Waals surface area contributed by atoms with Crippen LogP contribution in [0.1, 0.15) is 61.5 Å². The molecule has 2 aliphatic rings. The number of aliphatic hydroxyl groups is 1. The van der Waals surface area contributed by atoms with E-state index in [-0.39, 0.29) is 41.1 Å². The summed E-state index contributed by atoms with van der Waals surface area (Å²) >= 11 is 0. The molecule has 1 fully saturated rings. The number of carbonyl (C=O) groups is 2. The Morgan fingerprint density at radius 3 is 2.31 bits per heavy atom. The van der Waals surface area contributed by atoms with E-state index >= 15 is 0 Å². The monoisotopic (exact) mass is 573 g/mol. The van der Waals surface area contributed by atoms with Crippen LogP contribution in [-0.4, -0.2) is 63.1 Å². The lowest BCUT2D eigenvalue weighted by atomic mass is 9.71. The van der Waals surface area contributed by atoms with Crippen LogP contribution in [0.15, 0.2) is 65.6 Å². The summed E-state index contributed by atoms with van der Waals surface area (Å²) in [5.41, 5.74) is 0.966. The van der Waals surface area contributed by atoms with Gasteiger partial charge in [-0.1, -0.05) is 49.4 Å². The quantitative estimate of drug-likeness (QED) is 0.464. The van der Waals surface area contributed by atoms with Crippen LogP contribution in [0.3, 0.4) is 0 Å². The Hall–Kier alpha value is -3.78. The SMILES string of the molecule is CC(C)N(C)C(=O)c1cn(CC2(O)CCN(C(=O)C3(C)CCc4ccccc4C3)CC2)c(=O)cc1-c1ccccc1F. The topological polar surface area (TPSA) is 82.8 Å². The largest absolute Gasteiger partial charge is 0.388 e. The molecule has 1 aromatic heterocycles. The number of nitrogens with zero attached hydrogens (tertiary/aromatic N) is 3. The number of amides is 2. The summed E-state index contributed by atoms with van der Waals surface area (Å²) in [4.78, 5) is 43.8. The van der Waals surface area contributed by atoms with E-state index in [2.05, 4.69) is 12.1 Å². The number of hydrogen-bond donors (Lipinski definition) is 1. The molecule has 0 radical (unpaired) electrons. The molecular weight excluding hydrogens is 533 g/mol. The van der Waals surface area contributed by atoms with E-state index < -0.39 is 22.4 Å². The van der Waals surface area contributed by atoms with Crippen LogP contribution < -0.4 is 5.56 Å². The van der Waals surface area contributed by atoms with E-state index in [4.69, 9.17) is 0 Å². The van der Waals surface area contributed by atoms with E-state index in [1.54, 1.807) is 25.2 Å². The molecule has 2 heterocycles. The first-order valence-corrected chi connectivity index (χ1v) is 14.8. The number of aromatic nitrogens is 1. The van der Waals surface area contributed by atoms with Gasteiger partial charge in [0.05, 0.1) is 23.1 Å². The van der Waals surface area contributed by atoms with Gasteiger partial charge >= 0.3 is 0 Å². The first-order chi connectivity index (χ1) is 19.9. The highest BCUT2D eigenvalue weighted by molar-refractivity contribution is 6.00. The van der Waals surface area contributed by atoms with Crippen molar-refractivity contribution in [3.05, 3.63) is 93.7 Å². The minimum absolute atomic E-state index is 0.0261. The summed E-state index contributed by atoms with van der Waals surface area (Å²) < 4.78 is 16.1. The van der Waals surface area contributed by atoms with Gasteiger partial charge in [-0.2, -0.15) is 0 Å². The molecule has 1 N–H and O–H groups in total. The summed E-state index contributed by atoms with van der Waals surface area (Å²) in [6.45, 7) is 6.53. The number of pyridine rings is 1. The van der Waals surface area contributed by atoms with Gasteiger partial charge < -0.3 is 19.5 Å². The highest BCUT2D eigenvalue weighted by atomic mass is 19.1. The lowest BCUT2D eigenvalue weighted by molar-refractivity contribution is -0.146. The van der Waals surface area contributed by atoms with Crippen LogP contribution in [0.4, 0.5) is 4.39 Å². The summed E-state index contributed by atoms with van der Waals surface area (Å²) in [5, 5.41) is 11.6. The van der Waals surface area contributed by atoms with Gasteiger partial charge in [0.2, 0.25) is 5.91 Å². The number of halogens is 1. The molecule has 3 aromatic rings. The van der Waals surface area contributed by atoms with Gasteiger partial charge in [0.1, 0.15) is 5.82 Å². The molecule has 1 unspecified atom stereocenters. The number of carbonyl (C=O) groups excluding carboxylic acids is 2. The van der Waals surface area contributed by atoms with Gasteiger partial charge in [0, 0.05) is 49.6 Å². The predicted octanol–water partition coefficient (Wildman–Crippen LogP) is 4.68. The van der Waals surface area contributed by atoms with Crippen molar-refractivity contribution in [1.29, 1.82) is 0 Å². The Morgan fingerprint density at radius 2 is 1.64 bits per heavy atom. The van der Waals surface area contributed by atoms with Gasteiger partial charge in [-0.25, -0.2) is 4.39 Å². The van der Waals surface area contributed by atoms with Crippen molar-refractivity contribution in [3.63, 3.8) is 0 Å². The van der Waals surface area contributed by atoms with E-state index in [1.165, 1.54) is 38.9 Å². The summed E-state index contributed by atoms with van der Waals surface area (Å²) in [6, 6.07) is 15.5. The van der Waals surface area contributed by atoms with Crippen molar-refractivity contribution < 1.29 is 19.1 Å². The fourth-order valence-electron chi connectivity index (χ4n) is 6.25. The number of rotatable bonds is 6. The molecule has 7 nitrogen and oxygen atoms in total. The van der Waals surface area contributed by atoms with Crippen LogP contribution in [-0.2, 0) is 24.2 Å². The number of aryl methyl sites for hydroxylation is 1. The second kappa shape index (κ2) is 11.5. The maximum absolute atomic E-state index is 14.8. The molecule has 5 rings (SSSR count). The minimum atomic E-state index is -1.23. The number of hydrogen-bond acceptors (Lipinski definition) is 4. The molecule has 2 aromatic carbocycles. The van der Waals surface area contributed by atoms with Crippen molar-refractivity contribution in [1.82, 2.24) is 14.4 Å². The predicted molar refractivity (Wildman–Crippen MR) is 161 cm³/mol. The second-order valence-electron chi connectivity index (χ2n) is 12.6. The first-order valence-electron chi connectivity index (χ1n) is 14.8. The zero-order valence-electron chi connectivity index (χ0n) is 24.9. The number of piperidine rings is 1. The third-order valence-corrected chi connectivity index (χ3v) is 9.22. The molecule has 42 heavy (non-hydrogen) atoms. The molecule has 1 aliphatic heterocycles. The fraction of sp³-hybridized carbons (Fsp3) is 0.441. The van der Waals surface area contributed by atoms with Crippen molar-refractivity contribution in [2.75, 3.05) is 20.1 Å². The van der Waals surface area contributed by atoms with Crippen LogP contribution >= 0.6 is 0 Å². The molecule has 222 valence electrons. The summed E-state index contributed by atoms with van der Waals surface area (Å²) in [7, 11) is 1.67. The molecule has 1 aliphatic carbocycles. The van der Waals surface area contributed by atoms with Crippen molar-refractivity contribution in [3.8, 4) is 11.1 Å². The van der Waals surface area contributed by atoms with Crippen LogP contribution in [0.2, 0.25) is 0 Å². The van der Waals surface area contributed by atoms with Crippen LogP contribution in [0, 0.1) is 11.2 Å². The Balaban J connectivity index is 1.36. The van der Waals surface area contributed by atoms with Crippen LogP contribution in [0.5, 0.6) is 0 Å². The summed E-state index contributed by atoms with van der Waals surface area (Å²) in [6.07, 6.45) is 4.42. The number of likely N-dealkylation sites (tertiary alicyclic amines) is 1.